The van der Waals surface area contributed by atoms with Gasteiger partial charge in [0.25, 0.3) is 5.91 Å². The Kier molecular flexibility index (Phi) is 6.68. The highest BCUT2D eigenvalue weighted by molar-refractivity contribution is 6.04. The molecular formula is C23H26N4O2. The highest BCUT2D eigenvalue weighted by Crippen LogP contribution is 2.18. The molecule has 2 N–H and O–H groups in total. The number of hydrogen-bond donors (Lipinski definition) is 2. The fourth-order valence-corrected chi connectivity index (χ4v) is 2.91. The number of carbonyl (C=O) groups is 1. The minimum absolute atomic E-state index is 0.185. The number of rotatable bonds is 8. The maximum Gasteiger partial charge on any atom is 0.257 e. The van der Waals surface area contributed by atoms with Crippen molar-refractivity contribution in [3.63, 3.8) is 0 Å². The lowest BCUT2D eigenvalue weighted by atomic mass is 10.1. The molecule has 1 heterocycles. The van der Waals surface area contributed by atoms with Crippen LogP contribution in [0.3, 0.4) is 0 Å². The maximum absolute atomic E-state index is 12.4. The van der Waals surface area contributed by atoms with Crippen molar-refractivity contribution in [1.29, 1.82) is 0 Å². The minimum Gasteiger partial charge on any atom is -0.496 e. The summed E-state index contributed by atoms with van der Waals surface area (Å²) in [5, 5.41) is 6.16. The molecule has 0 spiro atoms. The van der Waals surface area contributed by atoms with Crippen LogP contribution in [0.25, 0.3) is 0 Å². The lowest BCUT2D eigenvalue weighted by molar-refractivity contribution is 0.102. The Morgan fingerprint density at radius 2 is 1.79 bits per heavy atom. The van der Waals surface area contributed by atoms with Crippen molar-refractivity contribution in [3.05, 3.63) is 78.0 Å². The average Bonchev–Trinajstić information content (AvgIpc) is 2.75. The number of anilines is 3. The Bertz CT molecular complexity index is 938. The molecule has 1 aromatic heterocycles. The molecule has 0 bridgehead atoms. The number of aromatic nitrogens is 1. The van der Waals surface area contributed by atoms with Crippen LogP contribution in [0.5, 0.6) is 5.75 Å². The summed E-state index contributed by atoms with van der Waals surface area (Å²) in [6.45, 7) is 0.719. The van der Waals surface area contributed by atoms with Crippen molar-refractivity contribution >= 4 is 23.1 Å². The van der Waals surface area contributed by atoms with Gasteiger partial charge in [0.2, 0.25) is 0 Å². The number of para-hydroxylation sites is 1. The van der Waals surface area contributed by atoms with E-state index in [0.717, 1.165) is 41.5 Å². The molecule has 150 valence electrons. The highest BCUT2D eigenvalue weighted by atomic mass is 16.5. The van der Waals surface area contributed by atoms with E-state index < -0.39 is 0 Å². The third-order valence-electron chi connectivity index (χ3n) is 4.56. The van der Waals surface area contributed by atoms with Crippen LogP contribution in [0.1, 0.15) is 15.9 Å². The van der Waals surface area contributed by atoms with Gasteiger partial charge in [-0.3, -0.25) is 4.79 Å². The van der Waals surface area contributed by atoms with Crippen LogP contribution in [-0.2, 0) is 6.42 Å². The number of pyridine rings is 1. The molecule has 0 unspecified atom stereocenters. The van der Waals surface area contributed by atoms with Crippen molar-refractivity contribution in [1.82, 2.24) is 4.98 Å². The fraction of sp³-hybridized carbons (Fsp3) is 0.217. The van der Waals surface area contributed by atoms with E-state index in [2.05, 4.69) is 15.6 Å². The monoisotopic (exact) mass is 390 g/mol. The van der Waals surface area contributed by atoms with Gasteiger partial charge in [0.1, 0.15) is 11.6 Å². The van der Waals surface area contributed by atoms with Crippen LogP contribution < -0.4 is 20.3 Å². The quantitative estimate of drug-likeness (QED) is 0.607. The van der Waals surface area contributed by atoms with Crippen molar-refractivity contribution < 1.29 is 9.53 Å². The molecule has 0 radical (unpaired) electrons. The zero-order chi connectivity index (χ0) is 20.6. The summed E-state index contributed by atoms with van der Waals surface area (Å²) in [5.74, 6) is 1.43. The molecule has 6 nitrogen and oxygen atoms in total. The first-order valence-electron chi connectivity index (χ1n) is 9.47. The number of nitrogens with zero attached hydrogens (tertiary/aromatic N) is 2. The van der Waals surface area contributed by atoms with Gasteiger partial charge in [0, 0.05) is 38.2 Å². The van der Waals surface area contributed by atoms with E-state index >= 15 is 0 Å². The largest absolute Gasteiger partial charge is 0.496 e. The number of carbonyl (C=O) groups excluding carboxylic acids is 1. The molecule has 0 aliphatic carbocycles. The van der Waals surface area contributed by atoms with E-state index in [4.69, 9.17) is 4.74 Å². The van der Waals surface area contributed by atoms with E-state index in [1.165, 1.54) is 0 Å². The summed E-state index contributed by atoms with van der Waals surface area (Å²) in [6, 6.07) is 19.2. The summed E-state index contributed by atoms with van der Waals surface area (Å²) in [7, 11) is 5.63. The van der Waals surface area contributed by atoms with Crippen molar-refractivity contribution in [2.24, 2.45) is 0 Å². The molecule has 3 rings (SSSR count). The Labute approximate surface area is 171 Å². The molecule has 0 aliphatic heterocycles. The topological polar surface area (TPSA) is 66.5 Å². The molecule has 0 atom stereocenters. The third-order valence-corrected chi connectivity index (χ3v) is 4.56. The predicted octanol–water partition coefficient (Wildman–Crippen LogP) is 4.06. The molecule has 29 heavy (non-hydrogen) atoms. The van der Waals surface area contributed by atoms with Crippen molar-refractivity contribution in [2.75, 3.05) is 43.3 Å². The lowest BCUT2D eigenvalue weighted by Gasteiger charge is -2.13. The van der Waals surface area contributed by atoms with E-state index in [-0.39, 0.29) is 5.91 Å². The molecule has 0 aliphatic rings. The normalized spacial score (nSPS) is 10.3. The van der Waals surface area contributed by atoms with Crippen molar-refractivity contribution in [3.8, 4) is 5.75 Å². The number of benzene rings is 2. The van der Waals surface area contributed by atoms with Crippen LogP contribution in [0.4, 0.5) is 17.2 Å². The molecule has 0 saturated carbocycles. The Hall–Kier alpha value is -3.54. The van der Waals surface area contributed by atoms with Crippen LogP contribution in [0, 0.1) is 0 Å². The smallest absolute Gasteiger partial charge is 0.257 e. The highest BCUT2D eigenvalue weighted by Gasteiger charge is 2.08. The van der Waals surface area contributed by atoms with E-state index in [1.807, 2.05) is 73.6 Å². The number of nitrogens with one attached hydrogen (secondary N) is 2. The zero-order valence-corrected chi connectivity index (χ0v) is 17.0. The molecule has 3 aromatic rings. The minimum atomic E-state index is -0.185. The molecule has 6 heteroatoms. The van der Waals surface area contributed by atoms with Gasteiger partial charge in [-0.1, -0.05) is 18.2 Å². The van der Waals surface area contributed by atoms with Crippen LogP contribution in [0.2, 0.25) is 0 Å². The van der Waals surface area contributed by atoms with Crippen molar-refractivity contribution in [2.45, 2.75) is 6.42 Å². The number of methoxy groups -OCH3 is 1. The van der Waals surface area contributed by atoms with Crippen LogP contribution >= 0.6 is 0 Å². The van der Waals surface area contributed by atoms with E-state index in [0.29, 0.717) is 5.56 Å². The first kappa shape index (κ1) is 20.2. The van der Waals surface area contributed by atoms with Gasteiger partial charge < -0.3 is 20.3 Å². The fourth-order valence-electron chi connectivity index (χ4n) is 2.91. The molecule has 0 fully saturated rings. The standard InChI is InChI=1S/C23H26N4O2/c1-27(2)20-11-9-19(10-12-20)26-23(28)18-8-13-22(25-16-18)24-15-14-17-6-4-5-7-21(17)29-3/h4-13,16H,14-15H2,1-3H3,(H,24,25)(H,26,28). The second-order valence-electron chi connectivity index (χ2n) is 6.82. The van der Waals surface area contributed by atoms with Gasteiger partial charge in [0.15, 0.2) is 0 Å². The van der Waals surface area contributed by atoms with E-state index in [9.17, 15) is 4.79 Å². The number of hydrogen-bond acceptors (Lipinski definition) is 5. The second-order valence-corrected chi connectivity index (χ2v) is 6.82. The molecule has 1 amide bonds. The zero-order valence-electron chi connectivity index (χ0n) is 17.0. The van der Waals surface area contributed by atoms with Crippen LogP contribution in [0.15, 0.2) is 66.9 Å². The Balaban J connectivity index is 1.53. The van der Waals surface area contributed by atoms with Gasteiger partial charge in [-0.05, 0) is 54.4 Å². The van der Waals surface area contributed by atoms with Gasteiger partial charge >= 0.3 is 0 Å². The van der Waals surface area contributed by atoms with Gasteiger partial charge in [-0.2, -0.15) is 0 Å². The van der Waals surface area contributed by atoms with E-state index in [1.54, 1.807) is 19.4 Å². The summed E-state index contributed by atoms with van der Waals surface area (Å²) in [4.78, 5) is 18.8. The summed E-state index contributed by atoms with van der Waals surface area (Å²) < 4.78 is 5.37. The molecular weight excluding hydrogens is 364 g/mol. The Morgan fingerprint density at radius 1 is 1.03 bits per heavy atom. The molecule has 0 saturated heterocycles. The first-order valence-corrected chi connectivity index (χ1v) is 9.47. The second kappa shape index (κ2) is 9.59. The third kappa shape index (κ3) is 5.48. The Morgan fingerprint density at radius 3 is 2.45 bits per heavy atom. The van der Waals surface area contributed by atoms with Gasteiger partial charge in [-0.15, -0.1) is 0 Å². The summed E-state index contributed by atoms with van der Waals surface area (Å²) in [5.41, 5.74) is 3.48. The number of amides is 1. The SMILES string of the molecule is COc1ccccc1CCNc1ccc(C(=O)Nc2ccc(N(C)C)cc2)cn1. The predicted molar refractivity (Wildman–Crippen MR) is 118 cm³/mol. The van der Waals surface area contributed by atoms with Gasteiger partial charge in [0.05, 0.1) is 12.7 Å². The number of ether oxygens (including phenoxy) is 1. The lowest BCUT2D eigenvalue weighted by Crippen LogP contribution is -2.13. The van der Waals surface area contributed by atoms with Crippen LogP contribution in [-0.4, -0.2) is 38.6 Å². The summed E-state index contributed by atoms with van der Waals surface area (Å²) in [6.07, 6.45) is 2.39. The summed E-state index contributed by atoms with van der Waals surface area (Å²) >= 11 is 0. The maximum atomic E-state index is 12.4. The average molecular weight is 390 g/mol. The molecule has 2 aromatic carbocycles. The first-order chi connectivity index (χ1) is 14.1. The van der Waals surface area contributed by atoms with Gasteiger partial charge in [-0.25, -0.2) is 4.98 Å².